The Morgan fingerprint density at radius 1 is 1.08 bits per heavy atom. The molecule has 25 heavy (non-hydrogen) atoms. The van der Waals surface area contributed by atoms with Crippen LogP contribution in [0, 0.1) is 6.92 Å². The van der Waals surface area contributed by atoms with Crippen molar-refractivity contribution in [2.45, 2.75) is 45.6 Å². The molecule has 1 atom stereocenters. The van der Waals surface area contributed by atoms with Crippen LogP contribution in [0.3, 0.4) is 0 Å². The molecule has 0 spiro atoms. The second kappa shape index (κ2) is 8.47. The predicted molar refractivity (Wildman–Crippen MR) is 94.7 cm³/mol. The van der Waals surface area contributed by atoms with Crippen molar-refractivity contribution in [3.05, 3.63) is 65.2 Å². The van der Waals surface area contributed by atoms with E-state index >= 15 is 0 Å². The average molecular weight is 339 g/mol. The molecule has 4 nitrogen and oxygen atoms in total. The van der Waals surface area contributed by atoms with Gasteiger partial charge in [0.2, 0.25) is 0 Å². The van der Waals surface area contributed by atoms with Gasteiger partial charge in [-0.1, -0.05) is 36.4 Å². The summed E-state index contributed by atoms with van der Waals surface area (Å²) in [5.74, 6) is -1.15. The van der Waals surface area contributed by atoms with E-state index in [4.69, 9.17) is 4.74 Å². The lowest BCUT2D eigenvalue weighted by Crippen LogP contribution is -2.24. The van der Waals surface area contributed by atoms with Crippen molar-refractivity contribution in [2.24, 2.45) is 0 Å². The summed E-state index contributed by atoms with van der Waals surface area (Å²) in [6.07, 6.45) is 0.0596. The van der Waals surface area contributed by atoms with Crippen LogP contribution < -0.4 is 9.84 Å². The number of benzene rings is 2. The van der Waals surface area contributed by atoms with Crippen LogP contribution in [-0.4, -0.2) is 17.9 Å². The lowest BCUT2D eigenvalue weighted by atomic mass is 9.85. The van der Waals surface area contributed by atoms with Gasteiger partial charge in [0.25, 0.3) is 0 Å². The lowest BCUT2D eigenvalue weighted by molar-refractivity contribution is -0.305. The minimum absolute atomic E-state index is 0.00982. The summed E-state index contributed by atoms with van der Waals surface area (Å²) >= 11 is 0. The number of hydrogen-bond acceptors (Lipinski definition) is 4. The molecule has 0 N–H and O–H groups in total. The molecule has 0 radical (unpaired) electrons. The fraction of sp³-hybridized carbons (Fsp3) is 0.333. The maximum atomic E-state index is 13.1. The second-order valence-corrected chi connectivity index (χ2v) is 6.38. The van der Waals surface area contributed by atoms with Gasteiger partial charge in [0.1, 0.15) is 5.75 Å². The number of Topliss-reactive ketones (excluding diaryl/α,β-unsaturated/α-hetero) is 1. The molecule has 0 saturated carbocycles. The highest BCUT2D eigenvalue weighted by atomic mass is 16.5. The Hall–Kier alpha value is -2.62. The van der Waals surface area contributed by atoms with Crippen LogP contribution in [0.4, 0.5) is 0 Å². The van der Waals surface area contributed by atoms with Gasteiger partial charge in [-0.2, -0.15) is 0 Å². The van der Waals surface area contributed by atoms with Crippen molar-refractivity contribution >= 4 is 11.8 Å². The zero-order valence-corrected chi connectivity index (χ0v) is 14.8. The summed E-state index contributed by atoms with van der Waals surface area (Å²) in [5, 5.41) is 10.9. The van der Waals surface area contributed by atoms with Crippen LogP contribution in [0.5, 0.6) is 5.75 Å². The quantitative estimate of drug-likeness (QED) is 0.692. The molecule has 1 unspecified atom stereocenters. The molecule has 0 heterocycles. The van der Waals surface area contributed by atoms with Crippen LogP contribution >= 0.6 is 0 Å². The summed E-state index contributed by atoms with van der Waals surface area (Å²) in [4.78, 5) is 24.0. The van der Waals surface area contributed by atoms with Crippen molar-refractivity contribution in [3.63, 3.8) is 0 Å². The zero-order chi connectivity index (χ0) is 18.4. The molecule has 2 aromatic rings. The number of carboxylic acids is 1. The smallest absolute Gasteiger partial charge is 0.170 e. The minimum Gasteiger partial charge on any atom is -0.550 e. The van der Waals surface area contributed by atoms with Gasteiger partial charge in [-0.3, -0.25) is 4.79 Å². The van der Waals surface area contributed by atoms with E-state index in [2.05, 4.69) is 0 Å². The van der Waals surface area contributed by atoms with E-state index in [-0.39, 0.29) is 24.7 Å². The fourth-order valence-corrected chi connectivity index (χ4v) is 2.86. The fourth-order valence-electron chi connectivity index (χ4n) is 2.86. The summed E-state index contributed by atoms with van der Waals surface area (Å²) in [5.41, 5.74) is 2.34. The van der Waals surface area contributed by atoms with Crippen LogP contribution in [-0.2, 0) is 4.79 Å². The van der Waals surface area contributed by atoms with Crippen LogP contribution in [0.25, 0.3) is 0 Å². The van der Waals surface area contributed by atoms with E-state index in [1.165, 1.54) is 0 Å². The first kappa shape index (κ1) is 18.7. The van der Waals surface area contributed by atoms with E-state index in [0.29, 0.717) is 11.3 Å². The van der Waals surface area contributed by atoms with Crippen LogP contribution in [0.15, 0.2) is 48.5 Å². The van der Waals surface area contributed by atoms with Gasteiger partial charge in [-0.05, 0) is 56.9 Å². The monoisotopic (exact) mass is 339 g/mol. The summed E-state index contributed by atoms with van der Waals surface area (Å²) < 4.78 is 5.66. The molecular formula is C21H23O4-. The summed E-state index contributed by atoms with van der Waals surface area (Å²) in [6, 6.07) is 14.6. The minimum atomic E-state index is -1.15. The van der Waals surface area contributed by atoms with Gasteiger partial charge in [0.05, 0.1) is 6.10 Å². The predicted octanol–water partition coefficient (Wildman–Crippen LogP) is 3.28. The number of aryl methyl sites for hydroxylation is 1. The lowest BCUT2D eigenvalue weighted by Gasteiger charge is -2.19. The van der Waals surface area contributed by atoms with Crippen molar-refractivity contribution in [1.29, 1.82) is 0 Å². The Balaban J connectivity index is 2.35. The third kappa shape index (κ3) is 5.18. The molecule has 0 aliphatic rings. The molecule has 0 aliphatic heterocycles. The van der Waals surface area contributed by atoms with Crippen LogP contribution in [0.1, 0.15) is 54.1 Å². The highest BCUT2D eigenvalue weighted by molar-refractivity contribution is 6.01. The Morgan fingerprint density at radius 3 is 2.44 bits per heavy atom. The third-order valence-corrected chi connectivity index (χ3v) is 4.01. The average Bonchev–Trinajstić information content (AvgIpc) is 2.55. The maximum Gasteiger partial charge on any atom is 0.170 e. The number of ketones is 1. The Kier molecular flexibility index (Phi) is 6.34. The summed E-state index contributed by atoms with van der Waals surface area (Å²) in [7, 11) is 0. The topological polar surface area (TPSA) is 66.4 Å². The van der Waals surface area contributed by atoms with E-state index in [0.717, 1.165) is 11.1 Å². The van der Waals surface area contributed by atoms with Gasteiger partial charge in [0, 0.05) is 17.5 Å². The number of hydrogen-bond donors (Lipinski definition) is 0. The molecule has 0 fully saturated rings. The van der Waals surface area contributed by atoms with Gasteiger partial charge in [-0.15, -0.1) is 0 Å². The first-order valence-corrected chi connectivity index (χ1v) is 8.44. The largest absolute Gasteiger partial charge is 0.550 e. The van der Waals surface area contributed by atoms with Crippen LogP contribution in [0.2, 0.25) is 0 Å². The van der Waals surface area contributed by atoms with Gasteiger partial charge in [0.15, 0.2) is 5.78 Å². The highest BCUT2D eigenvalue weighted by Gasteiger charge is 2.23. The molecule has 0 bridgehead atoms. The molecule has 2 aromatic carbocycles. The Bertz CT molecular complexity index is 749. The first-order valence-electron chi connectivity index (χ1n) is 8.44. The van der Waals surface area contributed by atoms with E-state index < -0.39 is 11.9 Å². The van der Waals surface area contributed by atoms with Gasteiger partial charge < -0.3 is 14.6 Å². The first-order chi connectivity index (χ1) is 11.9. The molecule has 0 aromatic heterocycles. The second-order valence-electron chi connectivity index (χ2n) is 6.38. The normalized spacial score (nSPS) is 12.0. The SMILES string of the molecule is Cc1ccccc1C(CCC(=O)[O-])C(=O)c1cccc(OC(C)C)c1. The Labute approximate surface area is 148 Å². The third-order valence-electron chi connectivity index (χ3n) is 4.01. The number of aliphatic carboxylic acids is 1. The maximum absolute atomic E-state index is 13.1. The summed E-state index contributed by atoms with van der Waals surface area (Å²) in [6.45, 7) is 5.77. The van der Waals surface area contributed by atoms with E-state index in [9.17, 15) is 14.7 Å². The molecule has 2 rings (SSSR count). The Morgan fingerprint density at radius 2 is 1.80 bits per heavy atom. The van der Waals surface area contributed by atoms with Crippen molar-refractivity contribution in [2.75, 3.05) is 0 Å². The number of carbonyl (C=O) groups excluding carboxylic acids is 2. The highest BCUT2D eigenvalue weighted by Crippen LogP contribution is 2.29. The van der Waals surface area contributed by atoms with Crippen molar-refractivity contribution in [3.8, 4) is 5.75 Å². The van der Waals surface area contributed by atoms with Gasteiger partial charge in [-0.25, -0.2) is 0 Å². The molecular weight excluding hydrogens is 316 g/mol. The number of rotatable bonds is 8. The van der Waals surface area contributed by atoms with Crippen molar-refractivity contribution in [1.82, 2.24) is 0 Å². The molecule has 4 heteroatoms. The number of carboxylic acid groups (broad SMARTS) is 1. The zero-order valence-electron chi connectivity index (χ0n) is 14.8. The van der Waals surface area contributed by atoms with E-state index in [1.807, 2.05) is 45.0 Å². The van der Waals surface area contributed by atoms with E-state index in [1.54, 1.807) is 24.3 Å². The van der Waals surface area contributed by atoms with Crippen molar-refractivity contribution < 1.29 is 19.4 Å². The molecule has 132 valence electrons. The molecule has 0 aliphatic carbocycles. The molecule has 0 saturated heterocycles. The standard InChI is InChI=1S/C21H24O4/c1-14(2)25-17-9-6-8-16(13-17)21(24)19(11-12-20(22)23)18-10-5-4-7-15(18)3/h4-10,13-14,19H,11-12H2,1-3H3,(H,22,23)/p-1. The number of carbonyl (C=O) groups is 2. The molecule has 0 amide bonds. The van der Waals surface area contributed by atoms with Gasteiger partial charge >= 0.3 is 0 Å². The number of ether oxygens (including phenoxy) is 1.